The summed E-state index contributed by atoms with van der Waals surface area (Å²) in [5.74, 6) is -2.52. The van der Waals surface area contributed by atoms with Crippen LogP contribution >= 0.6 is 0 Å². The summed E-state index contributed by atoms with van der Waals surface area (Å²) < 4.78 is 4.80. The summed E-state index contributed by atoms with van der Waals surface area (Å²) in [4.78, 5) is 32.5. The summed E-state index contributed by atoms with van der Waals surface area (Å²) in [5.41, 5.74) is 0. The molecule has 0 aromatic carbocycles. The van der Waals surface area contributed by atoms with Crippen molar-refractivity contribution in [1.29, 1.82) is 0 Å². The number of carbonyl (C=O) groups excluding carboxylic acids is 1. The van der Waals surface area contributed by atoms with E-state index in [4.69, 9.17) is 9.52 Å². The summed E-state index contributed by atoms with van der Waals surface area (Å²) >= 11 is 0. The molecule has 2 N–H and O–H groups in total. The van der Waals surface area contributed by atoms with E-state index in [9.17, 15) is 19.7 Å². The standard InChI is InChI=1S/C12H14N2O6/c15-11(9-4-5-10(20-9)14(18)19)13-8-3-1-2-7(6-8)12(16)17/h4-5,7-8H,1-3,6H2,(H,13,15)(H,16,17). The number of aliphatic carboxylic acids is 1. The van der Waals surface area contributed by atoms with Crippen LogP contribution in [0.3, 0.4) is 0 Å². The molecule has 1 saturated carbocycles. The molecule has 0 aliphatic heterocycles. The molecule has 1 fully saturated rings. The zero-order chi connectivity index (χ0) is 14.7. The third kappa shape index (κ3) is 3.14. The number of nitrogens with zero attached hydrogens (tertiary/aromatic N) is 1. The molecule has 1 heterocycles. The Hall–Kier alpha value is -2.38. The van der Waals surface area contributed by atoms with Crippen LogP contribution < -0.4 is 5.32 Å². The van der Waals surface area contributed by atoms with E-state index in [-0.39, 0.29) is 11.8 Å². The molecule has 20 heavy (non-hydrogen) atoms. The molecule has 1 aromatic rings. The van der Waals surface area contributed by atoms with Gasteiger partial charge in [0.2, 0.25) is 0 Å². The Morgan fingerprint density at radius 3 is 2.75 bits per heavy atom. The van der Waals surface area contributed by atoms with E-state index in [0.717, 1.165) is 12.5 Å². The number of carbonyl (C=O) groups is 2. The SMILES string of the molecule is O=C(NC1CCCC(C(=O)O)C1)c1ccc([N+](=O)[O-])o1. The smallest absolute Gasteiger partial charge is 0.433 e. The molecular weight excluding hydrogens is 268 g/mol. The minimum atomic E-state index is -0.863. The molecule has 2 unspecified atom stereocenters. The van der Waals surface area contributed by atoms with Crippen LogP contribution in [0, 0.1) is 16.0 Å². The lowest BCUT2D eigenvalue weighted by molar-refractivity contribution is -0.402. The van der Waals surface area contributed by atoms with Gasteiger partial charge in [-0.2, -0.15) is 0 Å². The molecule has 8 nitrogen and oxygen atoms in total. The Balaban J connectivity index is 1.96. The van der Waals surface area contributed by atoms with Gasteiger partial charge in [0.15, 0.2) is 5.76 Å². The van der Waals surface area contributed by atoms with E-state index in [2.05, 4.69) is 5.32 Å². The molecule has 0 saturated heterocycles. The van der Waals surface area contributed by atoms with Gasteiger partial charge in [-0.15, -0.1) is 0 Å². The van der Waals surface area contributed by atoms with Crippen molar-refractivity contribution in [1.82, 2.24) is 5.32 Å². The minimum Gasteiger partial charge on any atom is -0.481 e. The maximum absolute atomic E-state index is 11.9. The highest BCUT2D eigenvalue weighted by Gasteiger charge is 2.28. The van der Waals surface area contributed by atoms with Gasteiger partial charge in [-0.3, -0.25) is 19.7 Å². The Bertz CT molecular complexity index is 538. The first-order chi connectivity index (χ1) is 9.47. The van der Waals surface area contributed by atoms with Gasteiger partial charge in [0.25, 0.3) is 5.91 Å². The number of carboxylic acid groups (broad SMARTS) is 1. The molecule has 1 aliphatic rings. The monoisotopic (exact) mass is 282 g/mol. The van der Waals surface area contributed by atoms with Crippen molar-refractivity contribution in [3.8, 4) is 0 Å². The van der Waals surface area contributed by atoms with Crippen LogP contribution in [-0.4, -0.2) is 27.9 Å². The number of amides is 1. The van der Waals surface area contributed by atoms with Crippen LogP contribution in [0.5, 0.6) is 0 Å². The molecule has 8 heteroatoms. The summed E-state index contributed by atoms with van der Waals surface area (Å²) in [6.45, 7) is 0. The van der Waals surface area contributed by atoms with Crippen molar-refractivity contribution in [2.45, 2.75) is 31.7 Å². The molecule has 1 aromatic heterocycles. The quantitative estimate of drug-likeness (QED) is 0.638. The van der Waals surface area contributed by atoms with Crippen molar-refractivity contribution < 1.29 is 24.0 Å². The maximum atomic E-state index is 11.9. The van der Waals surface area contributed by atoms with Gasteiger partial charge in [0.1, 0.15) is 4.92 Å². The molecule has 0 radical (unpaired) electrons. The molecule has 0 spiro atoms. The number of hydrogen-bond acceptors (Lipinski definition) is 5. The van der Waals surface area contributed by atoms with Crippen molar-refractivity contribution in [2.75, 3.05) is 0 Å². The van der Waals surface area contributed by atoms with E-state index in [0.29, 0.717) is 19.3 Å². The molecule has 2 rings (SSSR count). The summed E-state index contributed by atoms with van der Waals surface area (Å²) in [5, 5.41) is 22.1. The number of carboxylic acids is 1. The van der Waals surface area contributed by atoms with Crippen LogP contribution in [-0.2, 0) is 4.79 Å². The average molecular weight is 282 g/mol. The summed E-state index contributed by atoms with van der Waals surface area (Å²) in [6, 6.07) is 2.09. The van der Waals surface area contributed by atoms with Gasteiger partial charge < -0.3 is 14.8 Å². The summed E-state index contributed by atoms with van der Waals surface area (Å²) in [7, 11) is 0. The Morgan fingerprint density at radius 2 is 2.15 bits per heavy atom. The molecule has 108 valence electrons. The third-order valence-electron chi connectivity index (χ3n) is 3.35. The van der Waals surface area contributed by atoms with Gasteiger partial charge >= 0.3 is 11.9 Å². The molecule has 1 amide bonds. The minimum absolute atomic E-state index is 0.144. The van der Waals surface area contributed by atoms with Crippen molar-refractivity contribution >= 4 is 17.8 Å². The van der Waals surface area contributed by atoms with Gasteiger partial charge in [-0.25, -0.2) is 0 Å². The molecule has 0 bridgehead atoms. The van der Waals surface area contributed by atoms with Crippen LogP contribution in [0.4, 0.5) is 5.88 Å². The van der Waals surface area contributed by atoms with Gasteiger partial charge in [-0.05, 0) is 25.3 Å². The predicted molar refractivity (Wildman–Crippen MR) is 66.2 cm³/mol. The number of nitro groups is 1. The highest BCUT2D eigenvalue weighted by Crippen LogP contribution is 2.25. The zero-order valence-electron chi connectivity index (χ0n) is 10.6. The second-order valence-electron chi connectivity index (χ2n) is 4.77. The Morgan fingerprint density at radius 1 is 1.40 bits per heavy atom. The molecular formula is C12H14N2O6. The second kappa shape index (κ2) is 5.72. The van der Waals surface area contributed by atoms with Crippen LogP contribution in [0.1, 0.15) is 36.2 Å². The maximum Gasteiger partial charge on any atom is 0.433 e. The van der Waals surface area contributed by atoms with E-state index >= 15 is 0 Å². The highest BCUT2D eigenvalue weighted by molar-refractivity contribution is 5.92. The van der Waals surface area contributed by atoms with Gasteiger partial charge in [-0.1, -0.05) is 6.42 Å². The van der Waals surface area contributed by atoms with Crippen molar-refractivity contribution in [3.63, 3.8) is 0 Å². The third-order valence-corrected chi connectivity index (χ3v) is 3.35. The van der Waals surface area contributed by atoms with E-state index < -0.39 is 28.6 Å². The number of hydrogen-bond donors (Lipinski definition) is 2. The van der Waals surface area contributed by atoms with Gasteiger partial charge in [0, 0.05) is 6.04 Å². The first-order valence-corrected chi connectivity index (χ1v) is 6.25. The first kappa shape index (κ1) is 14.0. The van der Waals surface area contributed by atoms with E-state index in [1.165, 1.54) is 6.07 Å². The fourth-order valence-electron chi connectivity index (χ4n) is 2.35. The van der Waals surface area contributed by atoms with Gasteiger partial charge in [0.05, 0.1) is 12.0 Å². The number of rotatable bonds is 4. The molecule has 2 atom stereocenters. The summed E-state index contributed by atoms with van der Waals surface area (Å²) in [6.07, 6.45) is 2.39. The zero-order valence-corrected chi connectivity index (χ0v) is 10.6. The highest BCUT2D eigenvalue weighted by atomic mass is 16.6. The fraction of sp³-hybridized carbons (Fsp3) is 0.500. The van der Waals surface area contributed by atoms with Crippen LogP contribution in [0.2, 0.25) is 0 Å². The van der Waals surface area contributed by atoms with E-state index in [1.54, 1.807) is 0 Å². The lowest BCUT2D eigenvalue weighted by atomic mass is 9.86. The van der Waals surface area contributed by atoms with Crippen molar-refractivity contribution in [3.05, 3.63) is 28.0 Å². The van der Waals surface area contributed by atoms with Crippen molar-refractivity contribution in [2.24, 2.45) is 5.92 Å². The first-order valence-electron chi connectivity index (χ1n) is 6.25. The second-order valence-corrected chi connectivity index (χ2v) is 4.77. The lowest BCUT2D eigenvalue weighted by Crippen LogP contribution is -2.39. The normalized spacial score (nSPS) is 22.2. The molecule has 1 aliphatic carbocycles. The predicted octanol–water partition coefficient (Wildman–Crippen LogP) is 1.56. The number of nitrogens with one attached hydrogen (secondary N) is 1. The Labute approximate surface area is 113 Å². The lowest BCUT2D eigenvalue weighted by Gasteiger charge is -2.26. The topological polar surface area (TPSA) is 123 Å². The fourth-order valence-corrected chi connectivity index (χ4v) is 2.35. The van der Waals surface area contributed by atoms with Crippen LogP contribution in [0.15, 0.2) is 16.5 Å². The largest absolute Gasteiger partial charge is 0.481 e. The Kier molecular flexibility index (Phi) is 4.02. The van der Waals surface area contributed by atoms with Crippen LogP contribution in [0.25, 0.3) is 0 Å². The number of furan rings is 1. The average Bonchev–Trinajstić information content (AvgIpc) is 2.88. The van der Waals surface area contributed by atoms with E-state index in [1.807, 2.05) is 0 Å².